The van der Waals surface area contributed by atoms with Crippen molar-refractivity contribution in [3.05, 3.63) is 90.7 Å². The Labute approximate surface area is 108 Å². The molecule has 1 aliphatic heterocycles. The second-order valence-corrected chi connectivity index (χ2v) is 4.32. The van der Waals surface area contributed by atoms with E-state index in [1.54, 1.807) is 0 Å². The highest BCUT2D eigenvalue weighted by Gasteiger charge is 2.17. The molecule has 3 rings (SSSR count). The van der Waals surface area contributed by atoms with E-state index in [9.17, 15) is 0 Å². The SMILES string of the molecule is C1=CC(c2ccccc2)N(c2ccccc2)C=C1. The number of rotatable bonds is 2. The molecule has 0 fully saturated rings. The number of nitrogens with zero attached hydrogens (tertiary/aromatic N) is 1. The summed E-state index contributed by atoms with van der Waals surface area (Å²) < 4.78 is 0. The van der Waals surface area contributed by atoms with Gasteiger partial charge in [-0.15, -0.1) is 0 Å². The lowest BCUT2D eigenvalue weighted by Gasteiger charge is -2.30. The molecule has 2 aromatic rings. The van der Waals surface area contributed by atoms with Crippen molar-refractivity contribution in [2.45, 2.75) is 6.04 Å². The minimum Gasteiger partial charge on any atom is -0.337 e. The Morgan fingerprint density at radius 1 is 0.722 bits per heavy atom. The summed E-state index contributed by atoms with van der Waals surface area (Å²) in [5, 5.41) is 0. The highest BCUT2D eigenvalue weighted by atomic mass is 15.1. The summed E-state index contributed by atoms with van der Waals surface area (Å²) in [7, 11) is 0. The van der Waals surface area contributed by atoms with E-state index in [0.29, 0.717) is 0 Å². The quantitative estimate of drug-likeness (QED) is 0.746. The first-order valence-corrected chi connectivity index (χ1v) is 6.18. The fourth-order valence-electron chi connectivity index (χ4n) is 2.27. The summed E-state index contributed by atoms with van der Waals surface area (Å²) >= 11 is 0. The van der Waals surface area contributed by atoms with E-state index < -0.39 is 0 Å². The van der Waals surface area contributed by atoms with Crippen LogP contribution in [0, 0.1) is 0 Å². The van der Waals surface area contributed by atoms with Crippen LogP contribution in [0.3, 0.4) is 0 Å². The average Bonchev–Trinajstić information content (AvgIpc) is 2.49. The van der Waals surface area contributed by atoms with Gasteiger partial charge in [0.15, 0.2) is 0 Å². The average molecular weight is 233 g/mol. The maximum Gasteiger partial charge on any atom is 0.0772 e. The van der Waals surface area contributed by atoms with Gasteiger partial charge in [0.25, 0.3) is 0 Å². The topological polar surface area (TPSA) is 3.24 Å². The van der Waals surface area contributed by atoms with E-state index in [4.69, 9.17) is 0 Å². The van der Waals surface area contributed by atoms with Gasteiger partial charge in [-0.1, -0.05) is 60.7 Å². The van der Waals surface area contributed by atoms with Crippen molar-refractivity contribution >= 4 is 5.69 Å². The predicted molar refractivity (Wildman–Crippen MR) is 76.4 cm³/mol. The number of anilines is 1. The molecular formula is C17H15N. The molecule has 0 saturated heterocycles. The third kappa shape index (κ3) is 2.07. The minimum atomic E-state index is 0.276. The van der Waals surface area contributed by atoms with Gasteiger partial charge in [0.05, 0.1) is 6.04 Å². The lowest BCUT2D eigenvalue weighted by atomic mass is 10.0. The fourth-order valence-corrected chi connectivity index (χ4v) is 2.27. The Bertz CT molecular complexity index is 501. The van der Waals surface area contributed by atoms with Crippen LogP contribution in [0.5, 0.6) is 0 Å². The third-order valence-electron chi connectivity index (χ3n) is 3.15. The van der Waals surface area contributed by atoms with Crippen LogP contribution in [0.2, 0.25) is 0 Å². The predicted octanol–water partition coefficient (Wildman–Crippen LogP) is 4.32. The molecule has 2 aromatic carbocycles. The molecule has 1 heterocycles. The van der Waals surface area contributed by atoms with Gasteiger partial charge < -0.3 is 4.90 Å². The number of benzene rings is 2. The zero-order valence-corrected chi connectivity index (χ0v) is 10.1. The van der Waals surface area contributed by atoms with Gasteiger partial charge in [-0.05, 0) is 23.8 Å². The maximum absolute atomic E-state index is 2.29. The standard InChI is InChI=1S/C17H15N/c1-3-9-15(10-4-1)17-13-7-8-14-18(17)16-11-5-2-6-12-16/h1-14,17H. The molecule has 1 aliphatic rings. The Hall–Kier alpha value is -2.28. The molecule has 88 valence electrons. The minimum absolute atomic E-state index is 0.276. The number of para-hydroxylation sites is 1. The van der Waals surface area contributed by atoms with E-state index >= 15 is 0 Å². The molecule has 1 heteroatoms. The highest BCUT2D eigenvalue weighted by molar-refractivity contribution is 5.54. The molecule has 1 atom stereocenters. The Morgan fingerprint density at radius 2 is 1.39 bits per heavy atom. The van der Waals surface area contributed by atoms with Crippen LogP contribution in [-0.2, 0) is 0 Å². The molecule has 0 aliphatic carbocycles. The number of hydrogen-bond acceptors (Lipinski definition) is 1. The first-order valence-electron chi connectivity index (χ1n) is 6.18. The zero-order chi connectivity index (χ0) is 12.2. The van der Waals surface area contributed by atoms with Crippen molar-refractivity contribution in [1.29, 1.82) is 0 Å². The van der Waals surface area contributed by atoms with Crippen LogP contribution < -0.4 is 4.90 Å². The molecule has 0 amide bonds. The Morgan fingerprint density at radius 3 is 2.11 bits per heavy atom. The molecule has 0 radical (unpaired) electrons. The van der Waals surface area contributed by atoms with Gasteiger partial charge >= 0.3 is 0 Å². The second kappa shape index (κ2) is 4.92. The van der Waals surface area contributed by atoms with Gasteiger partial charge in [-0.3, -0.25) is 0 Å². The van der Waals surface area contributed by atoms with Gasteiger partial charge in [0, 0.05) is 11.9 Å². The molecule has 1 unspecified atom stereocenters. The second-order valence-electron chi connectivity index (χ2n) is 4.32. The monoisotopic (exact) mass is 233 g/mol. The normalized spacial score (nSPS) is 18.0. The van der Waals surface area contributed by atoms with Gasteiger partial charge in [0.1, 0.15) is 0 Å². The highest BCUT2D eigenvalue weighted by Crippen LogP contribution is 2.30. The molecular weight excluding hydrogens is 218 g/mol. The van der Waals surface area contributed by atoms with Crippen LogP contribution in [0.15, 0.2) is 85.1 Å². The van der Waals surface area contributed by atoms with E-state index in [1.165, 1.54) is 11.3 Å². The molecule has 0 bridgehead atoms. The van der Waals surface area contributed by atoms with Crippen molar-refractivity contribution < 1.29 is 0 Å². The number of allylic oxidation sites excluding steroid dienone is 2. The molecule has 0 spiro atoms. The van der Waals surface area contributed by atoms with E-state index in [1.807, 2.05) is 6.07 Å². The Balaban J connectivity index is 1.98. The lowest BCUT2D eigenvalue weighted by Crippen LogP contribution is -2.22. The van der Waals surface area contributed by atoms with E-state index in [-0.39, 0.29) is 6.04 Å². The summed E-state index contributed by atoms with van der Waals surface area (Å²) in [5.74, 6) is 0. The van der Waals surface area contributed by atoms with Crippen molar-refractivity contribution in [3.8, 4) is 0 Å². The van der Waals surface area contributed by atoms with E-state index in [0.717, 1.165) is 0 Å². The first-order chi connectivity index (χ1) is 8.95. The van der Waals surface area contributed by atoms with Crippen LogP contribution in [0.25, 0.3) is 0 Å². The van der Waals surface area contributed by atoms with Crippen molar-refractivity contribution in [3.63, 3.8) is 0 Å². The van der Waals surface area contributed by atoms with Gasteiger partial charge in [0.2, 0.25) is 0 Å². The number of hydrogen-bond donors (Lipinski definition) is 0. The molecule has 0 aromatic heterocycles. The molecule has 18 heavy (non-hydrogen) atoms. The summed E-state index contributed by atoms with van der Waals surface area (Å²) in [6, 6.07) is 21.3. The maximum atomic E-state index is 2.29. The van der Waals surface area contributed by atoms with Crippen LogP contribution >= 0.6 is 0 Å². The van der Waals surface area contributed by atoms with Crippen LogP contribution in [-0.4, -0.2) is 0 Å². The van der Waals surface area contributed by atoms with Crippen LogP contribution in [0.4, 0.5) is 5.69 Å². The van der Waals surface area contributed by atoms with Gasteiger partial charge in [-0.2, -0.15) is 0 Å². The summed E-state index contributed by atoms with van der Waals surface area (Å²) in [6.45, 7) is 0. The summed E-state index contributed by atoms with van der Waals surface area (Å²) in [5.41, 5.74) is 2.52. The summed E-state index contributed by atoms with van der Waals surface area (Å²) in [6.07, 6.45) is 8.54. The fraction of sp³-hybridized carbons (Fsp3) is 0.0588. The van der Waals surface area contributed by atoms with Crippen molar-refractivity contribution in [2.24, 2.45) is 0 Å². The third-order valence-corrected chi connectivity index (χ3v) is 3.15. The first kappa shape index (κ1) is 10.8. The Kier molecular flexibility index (Phi) is 2.97. The smallest absolute Gasteiger partial charge is 0.0772 e. The molecule has 0 N–H and O–H groups in total. The largest absolute Gasteiger partial charge is 0.337 e. The molecule has 0 saturated carbocycles. The zero-order valence-electron chi connectivity index (χ0n) is 10.1. The van der Waals surface area contributed by atoms with Crippen molar-refractivity contribution in [2.75, 3.05) is 4.90 Å². The van der Waals surface area contributed by atoms with Crippen molar-refractivity contribution in [1.82, 2.24) is 0 Å². The van der Waals surface area contributed by atoms with E-state index in [2.05, 4.69) is 83.9 Å². The van der Waals surface area contributed by atoms with Crippen LogP contribution in [0.1, 0.15) is 11.6 Å². The molecule has 1 nitrogen and oxygen atoms in total. The van der Waals surface area contributed by atoms with Gasteiger partial charge in [-0.25, -0.2) is 0 Å². The summed E-state index contributed by atoms with van der Waals surface area (Å²) in [4.78, 5) is 2.29. The lowest BCUT2D eigenvalue weighted by molar-refractivity contribution is 0.835.